The molecule has 3 aromatic rings. The summed E-state index contributed by atoms with van der Waals surface area (Å²) < 4.78 is 1.98. The highest BCUT2D eigenvalue weighted by molar-refractivity contribution is 5.90. The van der Waals surface area contributed by atoms with E-state index in [4.69, 9.17) is 0 Å². The Morgan fingerprint density at radius 3 is 2.69 bits per heavy atom. The van der Waals surface area contributed by atoms with Crippen LogP contribution in [0.1, 0.15) is 37.7 Å². The molecule has 2 N–H and O–H groups in total. The highest BCUT2D eigenvalue weighted by Crippen LogP contribution is 2.21. The average molecular weight is 350 g/mol. The first-order chi connectivity index (χ1) is 12.8. The largest absolute Gasteiger partial charge is 0.335 e. The number of rotatable bonds is 4. The van der Waals surface area contributed by atoms with Crippen molar-refractivity contribution < 1.29 is 4.79 Å². The van der Waals surface area contributed by atoms with Crippen molar-refractivity contribution in [2.45, 2.75) is 44.7 Å². The number of hydrogen-bond acceptors (Lipinski definition) is 4. The Morgan fingerprint density at radius 1 is 1.12 bits per heavy atom. The number of para-hydroxylation sites is 2. The summed E-state index contributed by atoms with van der Waals surface area (Å²) in [7, 11) is 0. The highest BCUT2D eigenvalue weighted by Gasteiger charge is 2.18. The predicted molar refractivity (Wildman–Crippen MR) is 99.9 cm³/mol. The second-order valence-electron chi connectivity index (χ2n) is 6.69. The van der Waals surface area contributed by atoms with Gasteiger partial charge < -0.3 is 9.88 Å². The van der Waals surface area contributed by atoms with E-state index in [0.29, 0.717) is 12.5 Å². The van der Waals surface area contributed by atoms with Gasteiger partial charge in [0.25, 0.3) is 0 Å². The first-order valence-corrected chi connectivity index (χ1v) is 9.06. The molecule has 1 aliphatic rings. The van der Waals surface area contributed by atoms with Gasteiger partial charge in [-0.3, -0.25) is 5.32 Å². The van der Waals surface area contributed by atoms with Crippen molar-refractivity contribution >= 4 is 23.0 Å². The molecule has 1 saturated carbocycles. The van der Waals surface area contributed by atoms with Crippen molar-refractivity contribution in [2.75, 3.05) is 5.32 Å². The second kappa shape index (κ2) is 7.51. The van der Waals surface area contributed by atoms with Crippen molar-refractivity contribution in [3.8, 4) is 0 Å². The smallest absolute Gasteiger partial charge is 0.321 e. The zero-order valence-electron chi connectivity index (χ0n) is 14.6. The van der Waals surface area contributed by atoms with E-state index in [9.17, 15) is 4.79 Å². The van der Waals surface area contributed by atoms with Crippen LogP contribution < -0.4 is 10.6 Å². The van der Waals surface area contributed by atoms with Crippen LogP contribution in [0.3, 0.4) is 0 Å². The highest BCUT2D eigenvalue weighted by atomic mass is 16.2. The van der Waals surface area contributed by atoms with Gasteiger partial charge in [0, 0.05) is 24.0 Å². The monoisotopic (exact) mass is 350 g/mol. The van der Waals surface area contributed by atoms with Crippen LogP contribution in [0.15, 0.2) is 43.0 Å². The van der Waals surface area contributed by atoms with Crippen molar-refractivity contribution in [3.05, 3.63) is 48.5 Å². The molecule has 0 spiro atoms. The third kappa shape index (κ3) is 3.66. The lowest BCUT2D eigenvalue weighted by molar-refractivity contribution is 0.244. The minimum Gasteiger partial charge on any atom is -0.335 e. The van der Waals surface area contributed by atoms with Gasteiger partial charge in [-0.1, -0.05) is 31.4 Å². The normalized spacial score (nSPS) is 15.1. The molecule has 2 aromatic heterocycles. The molecule has 1 aliphatic carbocycles. The van der Waals surface area contributed by atoms with Crippen LogP contribution in [0.25, 0.3) is 11.0 Å². The summed E-state index contributed by atoms with van der Waals surface area (Å²) >= 11 is 0. The second-order valence-corrected chi connectivity index (χ2v) is 6.69. The van der Waals surface area contributed by atoms with E-state index in [2.05, 4.69) is 25.6 Å². The third-order valence-corrected chi connectivity index (χ3v) is 4.78. The summed E-state index contributed by atoms with van der Waals surface area (Å²) in [4.78, 5) is 25.2. The summed E-state index contributed by atoms with van der Waals surface area (Å²) in [6, 6.07) is 7.90. The molecule has 7 nitrogen and oxygen atoms in total. The molecule has 1 aromatic carbocycles. The van der Waals surface area contributed by atoms with E-state index in [1.54, 1.807) is 12.4 Å². The number of benzene rings is 1. The van der Waals surface area contributed by atoms with Crippen LogP contribution in [0.5, 0.6) is 0 Å². The first-order valence-electron chi connectivity index (χ1n) is 9.06. The van der Waals surface area contributed by atoms with E-state index >= 15 is 0 Å². The molecular weight excluding hydrogens is 328 g/mol. The quantitative estimate of drug-likeness (QED) is 0.756. The minimum absolute atomic E-state index is 0.197. The van der Waals surface area contributed by atoms with Gasteiger partial charge in [0.05, 0.1) is 17.6 Å². The number of fused-ring (bicyclic) bond motifs is 1. The number of amides is 2. The van der Waals surface area contributed by atoms with E-state index < -0.39 is 0 Å². The Morgan fingerprint density at radius 2 is 1.88 bits per heavy atom. The molecule has 2 amide bonds. The van der Waals surface area contributed by atoms with Crippen LogP contribution in [0.2, 0.25) is 0 Å². The fourth-order valence-corrected chi connectivity index (χ4v) is 3.50. The fraction of sp³-hybridized carbons (Fsp3) is 0.368. The van der Waals surface area contributed by atoms with Gasteiger partial charge in [-0.05, 0) is 25.0 Å². The number of carbonyl (C=O) groups excluding carboxylic acids is 1. The summed E-state index contributed by atoms with van der Waals surface area (Å²) in [5, 5.41) is 6.00. The Labute approximate surface area is 151 Å². The Kier molecular flexibility index (Phi) is 4.77. The number of hydrogen-bond donors (Lipinski definition) is 2. The van der Waals surface area contributed by atoms with E-state index in [-0.39, 0.29) is 12.1 Å². The third-order valence-electron chi connectivity index (χ3n) is 4.78. The zero-order chi connectivity index (χ0) is 17.8. The Hall–Kier alpha value is -2.96. The standard InChI is InChI=1S/C19H22N6O/c26-19(22-15-6-2-1-3-7-15)24-18-23-16-8-4-5-9-17(16)25(18)12-14-10-20-13-21-11-14/h4-5,8-11,13,15H,1-3,6-7,12H2,(H2,22,23,24,26). The molecule has 1 fully saturated rings. The van der Waals surface area contributed by atoms with Crippen molar-refractivity contribution in [1.82, 2.24) is 24.8 Å². The van der Waals surface area contributed by atoms with Gasteiger partial charge >= 0.3 is 6.03 Å². The minimum atomic E-state index is -0.197. The van der Waals surface area contributed by atoms with Crippen LogP contribution in [0.4, 0.5) is 10.7 Å². The number of nitrogens with one attached hydrogen (secondary N) is 2. The maximum absolute atomic E-state index is 12.5. The van der Waals surface area contributed by atoms with Crippen molar-refractivity contribution in [3.63, 3.8) is 0 Å². The Bertz CT molecular complexity index is 885. The lowest BCUT2D eigenvalue weighted by Gasteiger charge is -2.22. The number of aromatic nitrogens is 4. The van der Waals surface area contributed by atoms with Crippen LogP contribution in [0, 0.1) is 0 Å². The summed E-state index contributed by atoms with van der Waals surface area (Å²) in [5.74, 6) is 0.531. The molecule has 0 atom stereocenters. The van der Waals surface area contributed by atoms with Crippen molar-refractivity contribution in [1.29, 1.82) is 0 Å². The maximum atomic E-state index is 12.5. The molecule has 4 rings (SSSR count). The van der Waals surface area contributed by atoms with Gasteiger partial charge in [0.15, 0.2) is 0 Å². The van der Waals surface area contributed by atoms with Crippen LogP contribution in [-0.2, 0) is 6.54 Å². The van der Waals surface area contributed by atoms with E-state index in [1.165, 1.54) is 25.6 Å². The number of urea groups is 1. The number of carbonyl (C=O) groups is 1. The SMILES string of the molecule is O=C(Nc1nc2ccccc2n1Cc1cncnc1)NC1CCCCC1. The van der Waals surface area contributed by atoms with Crippen LogP contribution in [-0.4, -0.2) is 31.6 Å². The lowest BCUT2D eigenvalue weighted by atomic mass is 9.96. The molecule has 0 bridgehead atoms. The molecule has 134 valence electrons. The zero-order valence-corrected chi connectivity index (χ0v) is 14.6. The average Bonchev–Trinajstić information content (AvgIpc) is 3.00. The fourth-order valence-electron chi connectivity index (χ4n) is 3.50. The van der Waals surface area contributed by atoms with E-state index in [1.807, 2.05) is 28.8 Å². The molecule has 26 heavy (non-hydrogen) atoms. The van der Waals surface area contributed by atoms with Gasteiger partial charge in [-0.25, -0.2) is 19.7 Å². The van der Waals surface area contributed by atoms with Gasteiger partial charge in [-0.15, -0.1) is 0 Å². The Balaban J connectivity index is 1.57. The summed E-state index contributed by atoms with van der Waals surface area (Å²) in [5.41, 5.74) is 2.76. The number of nitrogens with zero attached hydrogens (tertiary/aromatic N) is 4. The van der Waals surface area contributed by atoms with Crippen LogP contribution >= 0.6 is 0 Å². The molecule has 2 heterocycles. The lowest BCUT2D eigenvalue weighted by Crippen LogP contribution is -2.39. The summed E-state index contributed by atoms with van der Waals surface area (Å²) in [6.07, 6.45) is 10.8. The first kappa shape index (κ1) is 16.5. The molecule has 0 saturated heterocycles. The van der Waals surface area contributed by atoms with E-state index in [0.717, 1.165) is 29.4 Å². The van der Waals surface area contributed by atoms with Gasteiger partial charge in [0.1, 0.15) is 6.33 Å². The van der Waals surface area contributed by atoms with Gasteiger partial charge in [0.2, 0.25) is 5.95 Å². The predicted octanol–water partition coefficient (Wildman–Crippen LogP) is 3.33. The van der Waals surface area contributed by atoms with Crippen molar-refractivity contribution in [2.24, 2.45) is 0 Å². The molecule has 0 aliphatic heterocycles. The van der Waals surface area contributed by atoms with Gasteiger partial charge in [-0.2, -0.15) is 0 Å². The molecular formula is C19H22N6O. The maximum Gasteiger partial charge on any atom is 0.321 e. The molecule has 0 unspecified atom stereocenters. The summed E-state index contributed by atoms with van der Waals surface area (Å²) in [6.45, 7) is 0.542. The molecule has 7 heteroatoms. The topological polar surface area (TPSA) is 84.7 Å². The number of anilines is 1. The number of imidazole rings is 1. The molecule has 0 radical (unpaired) electrons.